The molecule has 0 atom stereocenters. The number of nitrogens with zero attached hydrogens (tertiary/aromatic N) is 1. The summed E-state index contributed by atoms with van der Waals surface area (Å²) in [5.41, 5.74) is 0.324. The van der Waals surface area contributed by atoms with Crippen molar-refractivity contribution >= 4 is 23.8 Å². The fourth-order valence-corrected chi connectivity index (χ4v) is 2.08. The highest BCUT2D eigenvalue weighted by molar-refractivity contribution is 6.05. The molecule has 1 aromatic heterocycles. The van der Waals surface area contributed by atoms with Crippen LogP contribution < -0.4 is 10.6 Å². The van der Waals surface area contributed by atoms with Gasteiger partial charge < -0.3 is 15.1 Å². The number of furan rings is 1. The van der Waals surface area contributed by atoms with E-state index in [9.17, 15) is 19.7 Å². The van der Waals surface area contributed by atoms with Crippen LogP contribution in [0.25, 0.3) is 6.08 Å². The van der Waals surface area contributed by atoms with E-state index in [0.29, 0.717) is 12.1 Å². The van der Waals surface area contributed by atoms with Crippen LogP contribution in [0.1, 0.15) is 35.9 Å². The number of hydrogen-bond acceptors (Lipinski definition) is 5. The van der Waals surface area contributed by atoms with Gasteiger partial charge in [-0.1, -0.05) is 31.5 Å². The number of nitro groups is 1. The first kappa shape index (κ1) is 18.9. The average molecular weight is 357 g/mol. The highest BCUT2D eigenvalue weighted by Gasteiger charge is 2.17. The van der Waals surface area contributed by atoms with Gasteiger partial charge in [0.25, 0.3) is 11.8 Å². The molecule has 1 heterocycles. The molecule has 0 bridgehead atoms. The Morgan fingerprint density at radius 3 is 2.54 bits per heavy atom. The Kier molecular flexibility index (Phi) is 6.67. The zero-order chi connectivity index (χ0) is 18.9. The molecule has 2 rings (SSSR count). The van der Waals surface area contributed by atoms with E-state index >= 15 is 0 Å². The van der Waals surface area contributed by atoms with Gasteiger partial charge in [-0.3, -0.25) is 19.7 Å². The second-order valence-electron chi connectivity index (χ2n) is 5.42. The predicted octanol–water partition coefficient (Wildman–Crippen LogP) is 2.88. The Hall–Kier alpha value is -3.42. The van der Waals surface area contributed by atoms with Crippen molar-refractivity contribution in [2.45, 2.75) is 19.8 Å². The summed E-state index contributed by atoms with van der Waals surface area (Å²) in [5.74, 6) is -1.33. The average Bonchev–Trinajstić information content (AvgIpc) is 3.11. The van der Waals surface area contributed by atoms with Gasteiger partial charge >= 0.3 is 5.88 Å². The van der Waals surface area contributed by atoms with E-state index in [1.165, 1.54) is 18.2 Å². The molecule has 2 amide bonds. The van der Waals surface area contributed by atoms with Gasteiger partial charge in [-0.25, -0.2) is 0 Å². The van der Waals surface area contributed by atoms with Crippen LogP contribution in [-0.2, 0) is 4.79 Å². The highest BCUT2D eigenvalue weighted by atomic mass is 16.6. The molecule has 0 radical (unpaired) electrons. The summed E-state index contributed by atoms with van der Waals surface area (Å²) < 4.78 is 5.03. The number of carbonyl (C=O) groups is 2. The van der Waals surface area contributed by atoms with Crippen molar-refractivity contribution < 1.29 is 18.9 Å². The van der Waals surface area contributed by atoms with Crippen LogP contribution in [0.4, 0.5) is 5.88 Å². The lowest BCUT2D eigenvalue weighted by molar-refractivity contribution is -0.402. The lowest BCUT2D eigenvalue weighted by atomic mass is 10.2. The standard InChI is InChI=1S/C18H19N3O5/c1-2-3-11-19-18(23)15(12-14-9-10-16(26-14)21(24)25)20-17(22)13-7-5-4-6-8-13/h4-10,12H,2-3,11H2,1H3,(H,19,23)(H,20,22)/b15-12+. The smallest absolute Gasteiger partial charge is 0.401 e. The molecule has 0 saturated heterocycles. The number of rotatable bonds is 8. The quantitative estimate of drug-likeness (QED) is 0.326. The monoisotopic (exact) mass is 357 g/mol. The molecule has 26 heavy (non-hydrogen) atoms. The van der Waals surface area contributed by atoms with E-state index in [1.807, 2.05) is 6.92 Å². The molecule has 8 heteroatoms. The largest absolute Gasteiger partial charge is 0.433 e. The molecular formula is C18H19N3O5. The first-order chi connectivity index (χ1) is 12.5. The first-order valence-electron chi connectivity index (χ1n) is 8.11. The second-order valence-corrected chi connectivity index (χ2v) is 5.42. The molecule has 0 unspecified atom stereocenters. The highest BCUT2D eigenvalue weighted by Crippen LogP contribution is 2.18. The van der Waals surface area contributed by atoms with Crippen molar-refractivity contribution in [3.05, 3.63) is 69.6 Å². The van der Waals surface area contributed by atoms with Crippen molar-refractivity contribution in [2.75, 3.05) is 6.54 Å². The molecule has 2 N–H and O–H groups in total. The number of nitrogens with one attached hydrogen (secondary N) is 2. The van der Waals surface area contributed by atoms with Gasteiger partial charge in [0.1, 0.15) is 16.4 Å². The number of unbranched alkanes of at least 4 members (excludes halogenated alkanes) is 1. The van der Waals surface area contributed by atoms with Gasteiger partial charge in [0.05, 0.1) is 6.07 Å². The third-order valence-corrected chi connectivity index (χ3v) is 3.42. The maximum Gasteiger partial charge on any atom is 0.433 e. The number of hydrogen-bond donors (Lipinski definition) is 2. The Labute approximate surface area is 150 Å². The fraction of sp³-hybridized carbons (Fsp3) is 0.222. The summed E-state index contributed by atoms with van der Waals surface area (Å²) in [5, 5.41) is 15.9. The van der Waals surface area contributed by atoms with Gasteiger partial charge in [0.2, 0.25) is 0 Å². The van der Waals surface area contributed by atoms with Gasteiger partial charge in [-0.15, -0.1) is 0 Å². The zero-order valence-corrected chi connectivity index (χ0v) is 14.2. The summed E-state index contributed by atoms with van der Waals surface area (Å²) in [4.78, 5) is 34.7. The molecule has 1 aromatic carbocycles. The Morgan fingerprint density at radius 1 is 1.19 bits per heavy atom. The maximum absolute atomic E-state index is 12.4. The summed E-state index contributed by atoms with van der Waals surface area (Å²) >= 11 is 0. The minimum Gasteiger partial charge on any atom is -0.401 e. The molecule has 0 saturated carbocycles. The van der Waals surface area contributed by atoms with E-state index in [-0.39, 0.29) is 11.5 Å². The van der Waals surface area contributed by atoms with E-state index in [2.05, 4.69) is 10.6 Å². The zero-order valence-electron chi connectivity index (χ0n) is 14.2. The van der Waals surface area contributed by atoms with E-state index < -0.39 is 22.6 Å². The van der Waals surface area contributed by atoms with Crippen molar-refractivity contribution in [1.82, 2.24) is 10.6 Å². The van der Waals surface area contributed by atoms with Gasteiger partial charge in [0.15, 0.2) is 0 Å². The van der Waals surface area contributed by atoms with Gasteiger partial charge in [0, 0.05) is 18.2 Å². The van der Waals surface area contributed by atoms with Crippen molar-refractivity contribution in [3.63, 3.8) is 0 Å². The van der Waals surface area contributed by atoms with Crippen LogP contribution in [0.5, 0.6) is 0 Å². The van der Waals surface area contributed by atoms with Gasteiger partial charge in [-0.2, -0.15) is 0 Å². The molecular weight excluding hydrogens is 338 g/mol. The van der Waals surface area contributed by atoms with Crippen LogP contribution in [0.2, 0.25) is 0 Å². The molecule has 8 nitrogen and oxygen atoms in total. The number of amides is 2. The third-order valence-electron chi connectivity index (χ3n) is 3.42. The van der Waals surface area contributed by atoms with Gasteiger partial charge in [-0.05, 0) is 24.6 Å². The summed E-state index contributed by atoms with van der Waals surface area (Å²) in [7, 11) is 0. The lowest BCUT2D eigenvalue weighted by Gasteiger charge is -2.10. The summed E-state index contributed by atoms with van der Waals surface area (Å²) in [6.45, 7) is 2.44. The second kappa shape index (κ2) is 9.16. The minimum atomic E-state index is -0.680. The number of carbonyl (C=O) groups excluding carboxylic acids is 2. The molecule has 0 spiro atoms. The van der Waals surface area contributed by atoms with Crippen molar-refractivity contribution in [1.29, 1.82) is 0 Å². The summed E-state index contributed by atoms with van der Waals surface area (Å²) in [6.07, 6.45) is 2.95. The third kappa shape index (κ3) is 5.30. The molecule has 0 aliphatic heterocycles. The van der Waals surface area contributed by atoms with Crippen LogP contribution in [0, 0.1) is 10.1 Å². The van der Waals surface area contributed by atoms with E-state index in [4.69, 9.17) is 4.42 Å². The SMILES string of the molecule is CCCCNC(=O)/C(=C\c1ccc([N+](=O)[O-])o1)NC(=O)c1ccccc1. The molecule has 0 fully saturated rings. The minimum absolute atomic E-state index is 0.0563. The fourth-order valence-electron chi connectivity index (χ4n) is 2.08. The lowest BCUT2D eigenvalue weighted by Crippen LogP contribution is -2.35. The number of benzene rings is 1. The molecule has 136 valence electrons. The maximum atomic E-state index is 12.4. The first-order valence-corrected chi connectivity index (χ1v) is 8.11. The molecule has 0 aliphatic carbocycles. The van der Waals surface area contributed by atoms with Crippen LogP contribution in [0.3, 0.4) is 0 Å². The Bertz CT molecular complexity index is 811. The van der Waals surface area contributed by atoms with Crippen LogP contribution >= 0.6 is 0 Å². The normalized spacial score (nSPS) is 11.0. The molecule has 0 aliphatic rings. The molecule has 2 aromatic rings. The van der Waals surface area contributed by atoms with Crippen molar-refractivity contribution in [2.24, 2.45) is 0 Å². The summed E-state index contributed by atoms with van der Waals surface area (Å²) in [6, 6.07) is 10.9. The Morgan fingerprint density at radius 2 is 1.92 bits per heavy atom. The predicted molar refractivity (Wildman–Crippen MR) is 95.2 cm³/mol. The van der Waals surface area contributed by atoms with E-state index in [0.717, 1.165) is 12.8 Å². The van der Waals surface area contributed by atoms with Crippen molar-refractivity contribution in [3.8, 4) is 0 Å². The van der Waals surface area contributed by atoms with Crippen LogP contribution in [0.15, 0.2) is 52.6 Å². The van der Waals surface area contributed by atoms with Crippen LogP contribution in [-0.4, -0.2) is 23.3 Å². The topological polar surface area (TPSA) is 114 Å². The van der Waals surface area contributed by atoms with E-state index in [1.54, 1.807) is 30.3 Å². The Balaban J connectivity index is 2.22.